The van der Waals surface area contributed by atoms with Crippen molar-refractivity contribution >= 4 is 50.2 Å². The summed E-state index contributed by atoms with van der Waals surface area (Å²) in [5, 5.41) is 7.03. The molecular weight excluding hydrogens is 537 g/mol. The van der Waals surface area contributed by atoms with E-state index in [0.29, 0.717) is 16.9 Å². The van der Waals surface area contributed by atoms with E-state index in [9.17, 15) is 22.4 Å². The summed E-state index contributed by atoms with van der Waals surface area (Å²) in [6.45, 7) is 5.62. The fourth-order valence-corrected chi connectivity index (χ4v) is 6.34. The van der Waals surface area contributed by atoms with E-state index in [1.54, 1.807) is 47.8 Å². The van der Waals surface area contributed by atoms with Crippen LogP contribution in [0.15, 0.2) is 94.5 Å². The molecule has 0 unspecified atom stereocenters. The molecule has 0 bridgehead atoms. The summed E-state index contributed by atoms with van der Waals surface area (Å²) in [4.78, 5) is 25.7. The quantitative estimate of drug-likeness (QED) is 0.263. The highest BCUT2D eigenvalue weighted by Gasteiger charge is 2.30. The van der Waals surface area contributed by atoms with Crippen LogP contribution in [-0.2, 0) is 20.2 Å². The highest BCUT2D eigenvalue weighted by molar-refractivity contribution is 7.94. The Bertz CT molecular complexity index is 1580. The Morgan fingerprint density at radius 3 is 2.15 bits per heavy atom. The zero-order valence-corrected chi connectivity index (χ0v) is 23.3. The lowest BCUT2D eigenvalue weighted by molar-refractivity contribution is -0.114. The lowest BCUT2D eigenvalue weighted by Gasteiger charge is -2.23. The minimum absolute atomic E-state index is 0.0150. The Labute approximate surface area is 231 Å². The third-order valence-corrected chi connectivity index (χ3v) is 9.00. The van der Waals surface area contributed by atoms with Crippen LogP contribution in [-0.4, -0.2) is 26.8 Å². The van der Waals surface area contributed by atoms with Crippen molar-refractivity contribution in [2.24, 2.45) is 0 Å². The normalized spacial score (nSPS) is 11.6. The van der Waals surface area contributed by atoms with Crippen molar-refractivity contribution in [1.82, 2.24) is 0 Å². The maximum absolute atomic E-state index is 14.6. The van der Waals surface area contributed by atoms with Gasteiger partial charge < -0.3 is 10.6 Å². The van der Waals surface area contributed by atoms with Gasteiger partial charge in [-0.1, -0.05) is 57.2 Å². The van der Waals surface area contributed by atoms with Crippen molar-refractivity contribution in [2.75, 3.05) is 21.5 Å². The molecule has 0 saturated heterocycles. The average molecular weight is 566 g/mol. The van der Waals surface area contributed by atoms with Gasteiger partial charge >= 0.3 is 0 Å². The number of amides is 2. The summed E-state index contributed by atoms with van der Waals surface area (Å²) in [6, 6.07) is 22.1. The van der Waals surface area contributed by atoms with Crippen LogP contribution in [0.1, 0.15) is 36.7 Å². The lowest BCUT2D eigenvalue weighted by atomic mass is 9.87. The van der Waals surface area contributed by atoms with Gasteiger partial charge in [-0.05, 0) is 64.9 Å². The Hall–Kier alpha value is -4.02. The van der Waals surface area contributed by atoms with Gasteiger partial charge in [0.2, 0.25) is 5.91 Å². The Morgan fingerprint density at radius 2 is 1.54 bits per heavy atom. The first-order valence-corrected chi connectivity index (χ1v) is 14.4. The number of anilines is 3. The van der Waals surface area contributed by atoms with Gasteiger partial charge in [0.05, 0.1) is 5.69 Å². The van der Waals surface area contributed by atoms with E-state index in [1.165, 1.54) is 24.3 Å². The minimum Gasteiger partial charge on any atom is -0.324 e. The van der Waals surface area contributed by atoms with Crippen LogP contribution in [0.3, 0.4) is 0 Å². The number of thiophene rings is 1. The number of halogens is 1. The first-order valence-electron chi connectivity index (χ1n) is 12.1. The highest BCUT2D eigenvalue weighted by Crippen LogP contribution is 2.29. The van der Waals surface area contributed by atoms with Gasteiger partial charge in [-0.3, -0.25) is 13.9 Å². The molecule has 202 valence electrons. The second kappa shape index (κ2) is 11.4. The van der Waals surface area contributed by atoms with E-state index in [0.717, 1.165) is 27.3 Å². The predicted octanol–water partition coefficient (Wildman–Crippen LogP) is 6.27. The van der Waals surface area contributed by atoms with E-state index in [2.05, 4.69) is 31.4 Å². The van der Waals surface area contributed by atoms with Crippen molar-refractivity contribution in [3.05, 3.63) is 107 Å². The monoisotopic (exact) mass is 565 g/mol. The first-order chi connectivity index (χ1) is 18.4. The van der Waals surface area contributed by atoms with Crippen LogP contribution in [0.25, 0.3) is 0 Å². The molecule has 3 aromatic carbocycles. The largest absolute Gasteiger partial charge is 0.324 e. The van der Waals surface area contributed by atoms with Crippen LogP contribution < -0.4 is 14.9 Å². The molecule has 0 radical (unpaired) electrons. The summed E-state index contributed by atoms with van der Waals surface area (Å²) < 4.78 is 41.9. The molecule has 0 aliphatic rings. The number of hydrogen-bond donors (Lipinski definition) is 2. The zero-order valence-electron chi connectivity index (χ0n) is 21.6. The second-order valence-electron chi connectivity index (χ2n) is 9.81. The first kappa shape index (κ1) is 28.0. The molecule has 2 amide bonds. The molecule has 0 fully saturated rings. The maximum Gasteiger partial charge on any atom is 0.274 e. The predicted molar refractivity (Wildman–Crippen MR) is 153 cm³/mol. The van der Waals surface area contributed by atoms with E-state index in [1.807, 2.05) is 12.1 Å². The van der Waals surface area contributed by atoms with Gasteiger partial charge in [-0.15, -0.1) is 11.3 Å². The van der Waals surface area contributed by atoms with Gasteiger partial charge in [0.15, 0.2) is 0 Å². The molecule has 4 aromatic rings. The van der Waals surface area contributed by atoms with Crippen LogP contribution >= 0.6 is 11.3 Å². The third-order valence-electron chi connectivity index (χ3n) is 5.87. The van der Waals surface area contributed by atoms with E-state index in [-0.39, 0.29) is 21.2 Å². The molecule has 7 nitrogen and oxygen atoms in total. The van der Waals surface area contributed by atoms with Crippen molar-refractivity contribution in [2.45, 2.75) is 30.4 Å². The van der Waals surface area contributed by atoms with Crippen LogP contribution in [0, 0.1) is 5.82 Å². The zero-order chi connectivity index (χ0) is 28.2. The van der Waals surface area contributed by atoms with Crippen LogP contribution in [0.2, 0.25) is 0 Å². The molecule has 0 saturated carbocycles. The molecular formula is C29H28FN3O4S2. The summed E-state index contributed by atoms with van der Waals surface area (Å²) in [7, 11) is -4.19. The molecule has 4 rings (SSSR count). The highest BCUT2D eigenvalue weighted by atomic mass is 32.2. The standard InChI is InChI=1S/C29H28FN3O4S2/c1-29(2,3)21-15-13-20(14-16-21)28(35)32-23-9-6-8-22(18-23)31-26(34)19-33(25-11-5-4-10-24(25)30)39(36,37)27-12-7-17-38-27/h4-18H,19H2,1-3H3,(H,31,34)(H,32,35). The summed E-state index contributed by atoms with van der Waals surface area (Å²) in [5.41, 5.74) is 2.09. The van der Waals surface area contributed by atoms with Crippen molar-refractivity contribution in [3.8, 4) is 0 Å². The number of nitrogens with one attached hydrogen (secondary N) is 2. The molecule has 1 heterocycles. The fraction of sp³-hybridized carbons (Fsp3) is 0.172. The Morgan fingerprint density at radius 1 is 0.872 bits per heavy atom. The van der Waals surface area contributed by atoms with Crippen LogP contribution in [0.5, 0.6) is 0 Å². The molecule has 2 N–H and O–H groups in total. The Kier molecular flexibility index (Phi) is 8.17. The number of hydrogen-bond acceptors (Lipinski definition) is 5. The van der Waals surface area contributed by atoms with E-state index < -0.39 is 28.3 Å². The fourth-order valence-electron chi connectivity index (χ4n) is 3.80. The van der Waals surface area contributed by atoms with Crippen molar-refractivity contribution < 1.29 is 22.4 Å². The summed E-state index contributed by atoms with van der Waals surface area (Å²) >= 11 is 0.973. The summed E-state index contributed by atoms with van der Waals surface area (Å²) in [5.74, 6) is -1.77. The third kappa shape index (κ3) is 6.71. The molecule has 0 atom stereocenters. The Balaban J connectivity index is 1.49. The number of rotatable bonds is 8. The summed E-state index contributed by atoms with van der Waals surface area (Å²) in [6.07, 6.45) is 0. The molecule has 10 heteroatoms. The lowest BCUT2D eigenvalue weighted by Crippen LogP contribution is -2.38. The number of sulfonamides is 1. The maximum atomic E-state index is 14.6. The van der Waals surface area contributed by atoms with Gasteiger partial charge in [-0.25, -0.2) is 12.8 Å². The van der Waals surface area contributed by atoms with Gasteiger partial charge in [0.25, 0.3) is 15.9 Å². The number of benzene rings is 3. The smallest absolute Gasteiger partial charge is 0.274 e. The number of carbonyl (C=O) groups is 2. The van der Waals surface area contributed by atoms with Crippen molar-refractivity contribution in [3.63, 3.8) is 0 Å². The number of carbonyl (C=O) groups excluding carboxylic acids is 2. The van der Waals surface area contributed by atoms with E-state index in [4.69, 9.17) is 0 Å². The molecule has 0 spiro atoms. The molecule has 1 aromatic heterocycles. The van der Waals surface area contributed by atoms with E-state index >= 15 is 0 Å². The van der Waals surface area contributed by atoms with Gasteiger partial charge in [-0.2, -0.15) is 0 Å². The van der Waals surface area contributed by atoms with Crippen LogP contribution in [0.4, 0.5) is 21.5 Å². The van der Waals surface area contributed by atoms with Gasteiger partial charge in [0.1, 0.15) is 16.6 Å². The SMILES string of the molecule is CC(C)(C)c1ccc(C(=O)Nc2cccc(NC(=O)CN(c3ccccc3F)S(=O)(=O)c3cccs3)c2)cc1. The molecule has 39 heavy (non-hydrogen) atoms. The average Bonchev–Trinajstić information content (AvgIpc) is 3.44. The number of nitrogens with zero attached hydrogens (tertiary/aromatic N) is 1. The molecule has 0 aliphatic heterocycles. The topological polar surface area (TPSA) is 95.6 Å². The second-order valence-corrected chi connectivity index (χ2v) is 12.8. The number of para-hydroxylation sites is 1. The minimum atomic E-state index is -4.19. The van der Waals surface area contributed by atoms with Crippen molar-refractivity contribution in [1.29, 1.82) is 0 Å². The van der Waals surface area contributed by atoms with Gasteiger partial charge in [0, 0.05) is 16.9 Å². The molecule has 0 aliphatic carbocycles.